The summed E-state index contributed by atoms with van der Waals surface area (Å²) in [4.78, 5) is 16.5. The molecule has 10 heteroatoms. The number of phenolic OH excluding ortho intramolecular Hbond substituents is 1. The number of halogens is 1. The Morgan fingerprint density at radius 3 is 2.61 bits per heavy atom. The van der Waals surface area contributed by atoms with Crippen LogP contribution < -0.4 is 5.43 Å². The summed E-state index contributed by atoms with van der Waals surface area (Å²) in [7, 11) is 0. The second-order valence-electron chi connectivity index (χ2n) is 6.93. The number of hydrogen-bond acceptors (Lipinski definition) is 7. The lowest BCUT2D eigenvalue weighted by Crippen LogP contribution is -2.21. The predicted molar refractivity (Wildman–Crippen MR) is 129 cm³/mol. The molecular formula is C23H19ClN6O2S. The molecule has 0 saturated carbocycles. The van der Waals surface area contributed by atoms with E-state index in [0.29, 0.717) is 27.3 Å². The molecule has 0 radical (unpaired) electrons. The predicted octanol–water partition coefficient (Wildman–Crippen LogP) is 4.32. The second kappa shape index (κ2) is 10.3. The minimum Gasteiger partial charge on any atom is -0.508 e. The molecule has 0 bridgehead atoms. The average Bonchev–Trinajstić information content (AvgIpc) is 3.26. The first-order valence-electron chi connectivity index (χ1n) is 9.88. The third-order valence-corrected chi connectivity index (χ3v) is 5.78. The fourth-order valence-electron chi connectivity index (χ4n) is 2.98. The Bertz CT molecular complexity index is 1290. The first kappa shape index (κ1) is 22.5. The zero-order valence-corrected chi connectivity index (χ0v) is 19.1. The highest BCUT2D eigenvalue weighted by molar-refractivity contribution is 7.99. The molecule has 33 heavy (non-hydrogen) atoms. The van der Waals surface area contributed by atoms with Crippen molar-refractivity contribution in [2.75, 3.05) is 5.75 Å². The number of hydrogen-bond donors (Lipinski definition) is 2. The molecule has 0 aliphatic carbocycles. The van der Waals surface area contributed by atoms with Crippen molar-refractivity contribution in [2.45, 2.75) is 12.1 Å². The van der Waals surface area contributed by atoms with E-state index in [1.54, 1.807) is 55.7 Å². The monoisotopic (exact) mass is 478 g/mol. The van der Waals surface area contributed by atoms with Crippen molar-refractivity contribution in [1.82, 2.24) is 25.2 Å². The van der Waals surface area contributed by atoms with Gasteiger partial charge in [0.1, 0.15) is 5.75 Å². The minimum absolute atomic E-state index is 0.0822. The van der Waals surface area contributed by atoms with Gasteiger partial charge in [-0.3, -0.25) is 14.3 Å². The van der Waals surface area contributed by atoms with Gasteiger partial charge in [0.05, 0.1) is 11.5 Å². The topological polar surface area (TPSA) is 105 Å². The molecule has 1 amide bonds. The molecule has 0 spiro atoms. The lowest BCUT2D eigenvalue weighted by Gasteiger charge is -2.10. The third kappa shape index (κ3) is 5.57. The Labute approximate surface area is 199 Å². The average molecular weight is 479 g/mol. The van der Waals surface area contributed by atoms with Gasteiger partial charge in [0.25, 0.3) is 5.91 Å². The van der Waals surface area contributed by atoms with E-state index < -0.39 is 0 Å². The van der Waals surface area contributed by atoms with Crippen LogP contribution in [0.15, 0.2) is 83.3 Å². The lowest BCUT2D eigenvalue weighted by atomic mass is 10.1. The van der Waals surface area contributed by atoms with Crippen LogP contribution in [0.25, 0.3) is 17.1 Å². The smallest absolute Gasteiger partial charge is 0.250 e. The number of aromatic hydroxyl groups is 1. The molecule has 2 aromatic heterocycles. The first-order valence-corrected chi connectivity index (χ1v) is 11.2. The van der Waals surface area contributed by atoms with Crippen molar-refractivity contribution >= 4 is 35.0 Å². The number of rotatable bonds is 7. The van der Waals surface area contributed by atoms with Gasteiger partial charge in [0.2, 0.25) is 0 Å². The lowest BCUT2D eigenvalue weighted by molar-refractivity contribution is -0.118. The van der Waals surface area contributed by atoms with E-state index in [1.165, 1.54) is 11.8 Å². The number of amides is 1. The number of carbonyl (C=O) groups is 1. The van der Waals surface area contributed by atoms with E-state index in [2.05, 4.69) is 25.7 Å². The van der Waals surface area contributed by atoms with Crippen molar-refractivity contribution in [3.8, 4) is 22.8 Å². The molecule has 166 valence electrons. The summed E-state index contributed by atoms with van der Waals surface area (Å²) < 4.78 is 1.87. The molecule has 0 atom stereocenters. The maximum atomic E-state index is 12.4. The normalized spacial score (nSPS) is 11.4. The summed E-state index contributed by atoms with van der Waals surface area (Å²) >= 11 is 7.29. The molecule has 2 N–H and O–H groups in total. The van der Waals surface area contributed by atoms with Crippen molar-refractivity contribution in [3.63, 3.8) is 0 Å². The van der Waals surface area contributed by atoms with Crippen LogP contribution in [0.5, 0.6) is 5.75 Å². The van der Waals surface area contributed by atoms with E-state index in [1.807, 2.05) is 28.8 Å². The van der Waals surface area contributed by atoms with Gasteiger partial charge in [0.15, 0.2) is 11.0 Å². The minimum atomic E-state index is -0.296. The summed E-state index contributed by atoms with van der Waals surface area (Å²) in [6.07, 6.45) is 3.37. The van der Waals surface area contributed by atoms with Gasteiger partial charge in [-0.2, -0.15) is 5.10 Å². The molecule has 0 fully saturated rings. The summed E-state index contributed by atoms with van der Waals surface area (Å²) in [5.74, 6) is 0.547. The number of carbonyl (C=O) groups excluding carboxylic acids is 1. The van der Waals surface area contributed by atoms with E-state index in [4.69, 9.17) is 11.6 Å². The molecule has 0 aliphatic rings. The van der Waals surface area contributed by atoms with E-state index >= 15 is 0 Å². The molecule has 4 aromatic rings. The van der Waals surface area contributed by atoms with Gasteiger partial charge in [-0.1, -0.05) is 35.5 Å². The molecule has 0 saturated heterocycles. The highest BCUT2D eigenvalue weighted by Gasteiger charge is 2.17. The zero-order valence-electron chi connectivity index (χ0n) is 17.5. The summed E-state index contributed by atoms with van der Waals surface area (Å²) in [5.41, 5.74) is 5.49. The standard InChI is InChI=1S/C23H19ClN6O2S/c1-15(17-3-2-4-20(31)13-17)26-27-21(32)14-33-23-29-28-22(16-9-11-25-12-10-16)30(23)19-7-5-18(24)6-8-19/h2-13,31H,14H2,1H3,(H,27,32)/b26-15-. The Morgan fingerprint density at radius 2 is 1.88 bits per heavy atom. The maximum Gasteiger partial charge on any atom is 0.250 e. The Kier molecular flexibility index (Phi) is 7.01. The van der Waals surface area contributed by atoms with Crippen LogP contribution in [-0.4, -0.2) is 42.2 Å². The van der Waals surface area contributed by atoms with Crippen LogP contribution in [0.1, 0.15) is 12.5 Å². The number of phenols is 1. The Hall–Kier alpha value is -3.69. The van der Waals surface area contributed by atoms with E-state index in [0.717, 1.165) is 11.3 Å². The first-order chi connectivity index (χ1) is 16.0. The number of nitrogens with one attached hydrogen (secondary N) is 1. The number of nitrogens with zero attached hydrogens (tertiary/aromatic N) is 5. The molecular weight excluding hydrogens is 460 g/mol. The Balaban J connectivity index is 1.52. The molecule has 0 unspecified atom stereocenters. The summed E-state index contributed by atoms with van der Waals surface area (Å²) in [5, 5.41) is 23.5. The van der Waals surface area contributed by atoms with Gasteiger partial charge in [-0.25, -0.2) is 5.43 Å². The molecule has 8 nitrogen and oxygen atoms in total. The Morgan fingerprint density at radius 1 is 1.12 bits per heavy atom. The fraction of sp³-hybridized carbons (Fsp3) is 0.0870. The zero-order chi connectivity index (χ0) is 23.2. The van der Waals surface area contributed by atoms with Crippen molar-refractivity contribution in [1.29, 1.82) is 0 Å². The second-order valence-corrected chi connectivity index (χ2v) is 8.30. The highest BCUT2D eigenvalue weighted by atomic mass is 35.5. The largest absolute Gasteiger partial charge is 0.508 e. The van der Waals surface area contributed by atoms with Crippen LogP contribution in [0.3, 0.4) is 0 Å². The van der Waals surface area contributed by atoms with Crippen molar-refractivity contribution in [2.24, 2.45) is 5.10 Å². The SMILES string of the molecule is C/C(=N/NC(=O)CSc1nnc(-c2ccncc2)n1-c1ccc(Cl)cc1)c1cccc(O)c1. The number of thioether (sulfide) groups is 1. The number of pyridine rings is 1. The number of hydrazone groups is 1. The molecule has 0 aliphatic heterocycles. The maximum absolute atomic E-state index is 12.4. The number of aromatic nitrogens is 4. The van der Waals surface area contributed by atoms with Crippen LogP contribution in [0.2, 0.25) is 5.02 Å². The van der Waals surface area contributed by atoms with Crippen LogP contribution in [0.4, 0.5) is 0 Å². The van der Waals surface area contributed by atoms with Crippen LogP contribution >= 0.6 is 23.4 Å². The van der Waals surface area contributed by atoms with E-state index in [9.17, 15) is 9.90 Å². The van der Waals surface area contributed by atoms with Gasteiger partial charge >= 0.3 is 0 Å². The third-order valence-electron chi connectivity index (χ3n) is 4.60. The quantitative estimate of drug-likeness (QED) is 0.233. The highest BCUT2D eigenvalue weighted by Crippen LogP contribution is 2.28. The van der Waals surface area contributed by atoms with Crippen molar-refractivity contribution in [3.05, 3.63) is 83.6 Å². The summed E-state index contributed by atoms with van der Waals surface area (Å²) in [6, 6.07) is 17.7. The van der Waals surface area contributed by atoms with Gasteiger partial charge in [-0.15, -0.1) is 10.2 Å². The molecule has 2 heterocycles. The fourth-order valence-corrected chi connectivity index (χ4v) is 3.85. The van der Waals surface area contributed by atoms with Crippen molar-refractivity contribution < 1.29 is 9.90 Å². The van der Waals surface area contributed by atoms with Crippen LogP contribution in [0, 0.1) is 0 Å². The van der Waals surface area contributed by atoms with Gasteiger partial charge in [0, 0.05) is 34.2 Å². The number of benzene rings is 2. The van der Waals surface area contributed by atoms with Gasteiger partial charge < -0.3 is 5.11 Å². The van der Waals surface area contributed by atoms with Crippen LogP contribution in [-0.2, 0) is 4.79 Å². The molecule has 4 rings (SSSR count). The van der Waals surface area contributed by atoms with E-state index in [-0.39, 0.29) is 17.4 Å². The summed E-state index contributed by atoms with van der Waals surface area (Å²) in [6.45, 7) is 1.75. The van der Waals surface area contributed by atoms with Gasteiger partial charge in [-0.05, 0) is 55.5 Å². The molecule has 2 aromatic carbocycles.